The van der Waals surface area contributed by atoms with Crippen LogP contribution in [0.3, 0.4) is 0 Å². The predicted octanol–water partition coefficient (Wildman–Crippen LogP) is 2.26. The molecule has 1 aromatic rings. The minimum atomic E-state index is -0.577. The molecule has 90 valence electrons. The highest BCUT2D eigenvalue weighted by molar-refractivity contribution is 5.95. The molecule has 1 aliphatic heterocycles. The number of benzene rings is 1. The van der Waals surface area contributed by atoms with Crippen LogP contribution in [0.1, 0.15) is 25.8 Å². The van der Waals surface area contributed by atoms with Crippen molar-refractivity contribution in [1.82, 2.24) is 0 Å². The summed E-state index contributed by atoms with van der Waals surface area (Å²) in [5.74, 6) is -0.522. The third kappa shape index (κ3) is 2.30. The fraction of sp³-hybridized carbons (Fsp3) is 0.308. The van der Waals surface area contributed by atoms with Crippen molar-refractivity contribution in [1.29, 1.82) is 0 Å². The van der Waals surface area contributed by atoms with Gasteiger partial charge in [-0.3, -0.25) is 4.79 Å². The first kappa shape index (κ1) is 11.6. The number of carbonyl (C=O) groups is 1. The minimum absolute atomic E-state index is 0.339. The van der Waals surface area contributed by atoms with Gasteiger partial charge in [0, 0.05) is 12.5 Å². The number of ether oxygens (including phenoxy) is 1. The van der Waals surface area contributed by atoms with Crippen molar-refractivity contribution < 1.29 is 13.9 Å². The summed E-state index contributed by atoms with van der Waals surface area (Å²) in [4.78, 5) is 11.0. The molecule has 0 aliphatic carbocycles. The Morgan fingerprint density at radius 3 is 2.88 bits per heavy atom. The molecule has 3 nitrogen and oxygen atoms in total. The second kappa shape index (κ2) is 3.87. The summed E-state index contributed by atoms with van der Waals surface area (Å²) in [7, 11) is 0. The summed E-state index contributed by atoms with van der Waals surface area (Å²) in [5, 5.41) is 0. The van der Waals surface area contributed by atoms with Crippen molar-refractivity contribution in [3.05, 3.63) is 35.7 Å². The topological polar surface area (TPSA) is 52.3 Å². The van der Waals surface area contributed by atoms with Crippen molar-refractivity contribution in [3.8, 4) is 5.75 Å². The largest absolute Gasteiger partial charge is 0.487 e. The number of halogens is 1. The van der Waals surface area contributed by atoms with Gasteiger partial charge < -0.3 is 10.5 Å². The molecule has 0 unspecified atom stereocenters. The van der Waals surface area contributed by atoms with Crippen LogP contribution in [0.25, 0.3) is 5.57 Å². The lowest BCUT2D eigenvalue weighted by atomic mass is 9.89. The Morgan fingerprint density at radius 2 is 2.24 bits per heavy atom. The summed E-state index contributed by atoms with van der Waals surface area (Å²) in [5.41, 5.74) is 5.59. The molecule has 2 rings (SSSR count). The average molecular weight is 235 g/mol. The van der Waals surface area contributed by atoms with E-state index in [-0.39, 0.29) is 0 Å². The smallest absolute Gasteiger partial charge is 0.241 e. The summed E-state index contributed by atoms with van der Waals surface area (Å²) < 4.78 is 19.4. The van der Waals surface area contributed by atoms with Crippen LogP contribution in [0.2, 0.25) is 0 Å². The van der Waals surface area contributed by atoms with Gasteiger partial charge in [-0.05, 0) is 31.6 Å². The highest BCUT2D eigenvalue weighted by Crippen LogP contribution is 2.41. The molecule has 0 saturated heterocycles. The van der Waals surface area contributed by atoms with E-state index in [0.29, 0.717) is 23.3 Å². The summed E-state index contributed by atoms with van der Waals surface area (Å²) in [6, 6.07) is 4.61. The minimum Gasteiger partial charge on any atom is -0.487 e. The van der Waals surface area contributed by atoms with E-state index in [2.05, 4.69) is 0 Å². The zero-order valence-corrected chi connectivity index (χ0v) is 9.79. The molecule has 0 spiro atoms. The van der Waals surface area contributed by atoms with Gasteiger partial charge >= 0.3 is 0 Å². The maximum Gasteiger partial charge on any atom is 0.241 e. The Morgan fingerprint density at radius 1 is 1.53 bits per heavy atom. The van der Waals surface area contributed by atoms with Gasteiger partial charge in [-0.15, -0.1) is 0 Å². The fourth-order valence-corrected chi connectivity index (χ4v) is 2.08. The number of carbonyl (C=O) groups excluding carboxylic acids is 1. The van der Waals surface area contributed by atoms with Crippen LogP contribution in [0.15, 0.2) is 24.3 Å². The molecule has 0 radical (unpaired) electrons. The molecule has 0 saturated carbocycles. The molecule has 2 N–H and O–H groups in total. The van der Waals surface area contributed by atoms with Gasteiger partial charge in [0.2, 0.25) is 5.91 Å². The Bertz CT molecular complexity index is 506. The molecule has 17 heavy (non-hydrogen) atoms. The number of rotatable bonds is 1. The van der Waals surface area contributed by atoms with Crippen molar-refractivity contribution in [2.75, 3.05) is 0 Å². The lowest BCUT2D eigenvalue weighted by Gasteiger charge is -2.34. The van der Waals surface area contributed by atoms with E-state index >= 15 is 0 Å². The number of fused-ring (bicyclic) bond motifs is 1. The van der Waals surface area contributed by atoms with Gasteiger partial charge in [-0.1, -0.05) is 6.07 Å². The Balaban J connectivity index is 2.60. The van der Waals surface area contributed by atoms with E-state index in [4.69, 9.17) is 10.5 Å². The zero-order valence-electron chi connectivity index (χ0n) is 9.79. The first-order chi connectivity index (χ1) is 7.89. The average Bonchev–Trinajstić information content (AvgIpc) is 2.13. The molecule has 1 aliphatic rings. The lowest BCUT2D eigenvalue weighted by Crippen LogP contribution is -2.32. The standard InChI is InChI=1S/C13H14FNO2/c1-13(2)7-8(6-11(15)16)12-9(14)4-3-5-10(12)17-13/h3-6H,7H2,1-2H3,(H2,15,16)/b8-6+. The highest BCUT2D eigenvalue weighted by atomic mass is 19.1. The van der Waals surface area contributed by atoms with E-state index in [9.17, 15) is 9.18 Å². The molecule has 4 heteroatoms. The summed E-state index contributed by atoms with van der Waals surface area (Å²) >= 11 is 0. The van der Waals surface area contributed by atoms with Crippen LogP contribution in [0.5, 0.6) is 5.75 Å². The van der Waals surface area contributed by atoms with Gasteiger partial charge in [0.1, 0.15) is 17.2 Å². The molecule has 0 aromatic heterocycles. The van der Waals surface area contributed by atoms with Crippen LogP contribution in [-0.4, -0.2) is 11.5 Å². The summed E-state index contributed by atoms with van der Waals surface area (Å²) in [6.45, 7) is 3.77. The van der Waals surface area contributed by atoms with Crippen molar-refractivity contribution in [2.24, 2.45) is 5.73 Å². The first-order valence-electron chi connectivity index (χ1n) is 5.37. The van der Waals surface area contributed by atoms with Gasteiger partial charge in [-0.2, -0.15) is 0 Å². The zero-order chi connectivity index (χ0) is 12.6. The SMILES string of the molecule is CC1(C)C/C(=C\C(N)=O)c2c(F)cccc2O1. The number of nitrogens with two attached hydrogens (primary N) is 1. The van der Waals surface area contributed by atoms with E-state index in [1.54, 1.807) is 12.1 Å². The first-order valence-corrected chi connectivity index (χ1v) is 5.37. The molecule has 0 atom stereocenters. The van der Waals surface area contributed by atoms with Gasteiger partial charge in [0.25, 0.3) is 0 Å². The van der Waals surface area contributed by atoms with Crippen LogP contribution < -0.4 is 10.5 Å². The van der Waals surface area contributed by atoms with Gasteiger partial charge in [-0.25, -0.2) is 4.39 Å². The Hall–Kier alpha value is -1.84. The summed E-state index contributed by atoms with van der Waals surface area (Å²) in [6.07, 6.45) is 1.72. The Labute approximate surface area is 99.1 Å². The van der Waals surface area contributed by atoms with Crippen molar-refractivity contribution in [2.45, 2.75) is 25.9 Å². The number of primary amides is 1. The maximum atomic E-state index is 13.8. The quantitative estimate of drug-likeness (QED) is 0.759. The monoisotopic (exact) mass is 235 g/mol. The molecular weight excluding hydrogens is 221 g/mol. The fourth-order valence-electron chi connectivity index (χ4n) is 2.08. The van der Waals surface area contributed by atoms with Gasteiger partial charge in [0.05, 0.1) is 5.56 Å². The molecule has 0 fully saturated rings. The second-order valence-electron chi connectivity index (χ2n) is 4.72. The molecular formula is C13H14FNO2. The van der Waals surface area contributed by atoms with E-state index < -0.39 is 17.3 Å². The van der Waals surface area contributed by atoms with Crippen LogP contribution in [0.4, 0.5) is 4.39 Å². The van der Waals surface area contributed by atoms with E-state index in [1.165, 1.54) is 12.1 Å². The highest BCUT2D eigenvalue weighted by Gasteiger charge is 2.31. The number of hydrogen-bond donors (Lipinski definition) is 1. The Kier molecular flexibility index (Phi) is 2.65. The molecule has 1 heterocycles. The molecule has 1 aromatic carbocycles. The third-order valence-electron chi connectivity index (χ3n) is 2.62. The molecule has 1 amide bonds. The maximum absolute atomic E-state index is 13.8. The normalized spacial score (nSPS) is 19.6. The van der Waals surface area contributed by atoms with E-state index in [0.717, 1.165) is 0 Å². The number of amides is 1. The lowest BCUT2D eigenvalue weighted by molar-refractivity contribution is -0.113. The van der Waals surface area contributed by atoms with Crippen molar-refractivity contribution in [3.63, 3.8) is 0 Å². The van der Waals surface area contributed by atoms with Gasteiger partial charge in [0.15, 0.2) is 0 Å². The van der Waals surface area contributed by atoms with E-state index in [1.807, 2.05) is 13.8 Å². The van der Waals surface area contributed by atoms with Crippen LogP contribution in [0, 0.1) is 5.82 Å². The van der Waals surface area contributed by atoms with Crippen molar-refractivity contribution >= 4 is 11.5 Å². The van der Waals surface area contributed by atoms with Crippen LogP contribution >= 0.6 is 0 Å². The van der Waals surface area contributed by atoms with Crippen LogP contribution in [-0.2, 0) is 4.79 Å². The second-order valence-corrected chi connectivity index (χ2v) is 4.72. The predicted molar refractivity (Wildman–Crippen MR) is 62.9 cm³/mol. The molecule has 0 bridgehead atoms. The third-order valence-corrected chi connectivity index (χ3v) is 2.62. The number of hydrogen-bond acceptors (Lipinski definition) is 2.